The summed E-state index contributed by atoms with van der Waals surface area (Å²) in [5.74, 6) is 0.724. The van der Waals surface area contributed by atoms with Gasteiger partial charge in [0.2, 0.25) is 0 Å². The molecule has 0 saturated heterocycles. The van der Waals surface area contributed by atoms with E-state index in [0.29, 0.717) is 57.1 Å². The fraction of sp³-hybridized carbons (Fsp3) is 0.824. The molecule has 22 heavy (non-hydrogen) atoms. The van der Waals surface area contributed by atoms with Crippen LogP contribution >= 0.6 is 9.24 Å². The molecular weight excluding hydrogens is 305 g/mol. The lowest BCUT2D eigenvalue weighted by molar-refractivity contribution is -0.120. The van der Waals surface area contributed by atoms with Crippen LogP contribution in [0.25, 0.3) is 0 Å². The van der Waals surface area contributed by atoms with E-state index in [4.69, 9.17) is 4.74 Å². The first-order valence-electron chi connectivity index (χ1n) is 8.19. The lowest BCUT2D eigenvalue weighted by Gasteiger charge is -2.32. The van der Waals surface area contributed by atoms with Crippen LogP contribution in [0.5, 0.6) is 0 Å². The third-order valence-corrected chi connectivity index (χ3v) is 5.75. The van der Waals surface area contributed by atoms with Crippen LogP contribution in [0.2, 0.25) is 0 Å². The lowest BCUT2D eigenvalue weighted by Crippen LogP contribution is -2.29. The monoisotopic (exact) mass is 332 g/mol. The highest BCUT2D eigenvalue weighted by Gasteiger charge is 2.35. The second kappa shape index (κ2) is 6.95. The van der Waals surface area contributed by atoms with Crippen LogP contribution < -0.4 is 0 Å². The number of ether oxygens (including phenoxy) is 1. The zero-order valence-electron chi connectivity index (χ0n) is 13.5. The Bertz CT molecular complexity index is 426. The number of methoxy groups -OCH3 is 1. The first kappa shape index (κ1) is 17.8. The van der Waals surface area contributed by atoms with Crippen LogP contribution in [0.15, 0.2) is 11.8 Å². The van der Waals surface area contributed by atoms with E-state index < -0.39 is 11.1 Å². The normalized spacial score (nSPS) is 40.3. The molecule has 0 bridgehead atoms. The Morgan fingerprint density at radius 3 is 2.09 bits per heavy atom. The Labute approximate surface area is 134 Å². The number of ketones is 1. The molecule has 0 radical (unpaired) electrons. The van der Waals surface area contributed by atoms with Crippen molar-refractivity contribution in [1.82, 2.24) is 0 Å². The number of carbonyl (C=O) groups is 1. The maximum Gasteiger partial charge on any atom is 0.162 e. The van der Waals surface area contributed by atoms with Crippen molar-refractivity contribution < 1.29 is 18.3 Å². The van der Waals surface area contributed by atoms with Gasteiger partial charge < -0.3 is 4.74 Å². The largest absolute Gasteiger partial charge is 0.501 e. The first-order chi connectivity index (χ1) is 10.2. The van der Waals surface area contributed by atoms with Crippen molar-refractivity contribution in [1.29, 1.82) is 0 Å². The summed E-state index contributed by atoms with van der Waals surface area (Å²) in [7, 11) is 3.85. The van der Waals surface area contributed by atoms with Gasteiger partial charge in [0.1, 0.15) is 16.8 Å². The van der Waals surface area contributed by atoms with Gasteiger partial charge in [-0.05, 0) is 58.3 Å². The fourth-order valence-corrected chi connectivity index (χ4v) is 3.82. The minimum absolute atomic E-state index is 0.0373. The van der Waals surface area contributed by atoms with Crippen LogP contribution in [0, 0.1) is 11.8 Å². The van der Waals surface area contributed by atoms with Gasteiger partial charge in [-0.2, -0.15) is 0 Å². The number of hydrogen-bond acceptors (Lipinski definition) is 2. The standard InChI is InChI=1S/C17H27F2O2P/c1-16(18)7-3-12(4-8-16)14(20)11-15(21-2)13-5-9-17(19,22)10-6-13/h11-13H,3-10,22H2,1-2H3/b15-11-. The molecule has 0 aromatic rings. The van der Waals surface area contributed by atoms with Crippen LogP contribution in [0.3, 0.4) is 0 Å². The summed E-state index contributed by atoms with van der Waals surface area (Å²) in [5, 5.41) is -1.17. The number of alkyl halides is 2. The smallest absolute Gasteiger partial charge is 0.162 e. The van der Waals surface area contributed by atoms with E-state index in [1.54, 1.807) is 20.1 Å². The fourth-order valence-electron chi connectivity index (χ4n) is 3.49. The maximum absolute atomic E-state index is 13.8. The lowest BCUT2D eigenvalue weighted by atomic mass is 9.78. The summed E-state index contributed by atoms with van der Waals surface area (Å²) in [4.78, 5) is 12.4. The molecule has 0 aromatic heterocycles. The van der Waals surface area contributed by atoms with Crippen molar-refractivity contribution in [2.75, 3.05) is 7.11 Å². The first-order valence-corrected chi connectivity index (χ1v) is 8.76. The van der Waals surface area contributed by atoms with Gasteiger partial charge in [0.25, 0.3) is 0 Å². The van der Waals surface area contributed by atoms with E-state index in [9.17, 15) is 13.6 Å². The van der Waals surface area contributed by atoms with Crippen molar-refractivity contribution in [3.05, 3.63) is 11.8 Å². The van der Waals surface area contributed by atoms with Crippen molar-refractivity contribution >= 4 is 15.0 Å². The van der Waals surface area contributed by atoms with E-state index >= 15 is 0 Å². The minimum atomic E-state index is -1.17. The second-order valence-electron chi connectivity index (χ2n) is 7.15. The molecule has 2 fully saturated rings. The average molecular weight is 332 g/mol. The highest BCUT2D eigenvalue weighted by Crippen LogP contribution is 2.42. The highest BCUT2D eigenvalue weighted by molar-refractivity contribution is 7.18. The number of rotatable bonds is 4. The molecule has 126 valence electrons. The van der Waals surface area contributed by atoms with Crippen molar-refractivity contribution in [2.24, 2.45) is 11.8 Å². The van der Waals surface area contributed by atoms with Crippen molar-refractivity contribution in [2.45, 2.75) is 69.4 Å². The Kier molecular flexibility index (Phi) is 5.63. The molecule has 1 atom stereocenters. The quantitative estimate of drug-likeness (QED) is 0.422. The zero-order chi connectivity index (χ0) is 16.4. The molecule has 2 saturated carbocycles. The second-order valence-corrected chi connectivity index (χ2v) is 8.18. The molecule has 0 amide bonds. The molecule has 2 rings (SSSR count). The zero-order valence-corrected chi connectivity index (χ0v) is 14.7. The molecule has 2 nitrogen and oxygen atoms in total. The molecule has 0 aromatic carbocycles. The summed E-state index contributed by atoms with van der Waals surface area (Å²) in [6.07, 6.45) is 6.01. The summed E-state index contributed by atoms with van der Waals surface area (Å²) in [6.45, 7) is 1.61. The van der Waals surface area contributed by atoms with Gasteiger partial charge in [0.05, 0.1) is 7.11 Å². The summed E-state index contributed by atoms with van der Waals surface area (Å²) in [6, 6.07) is 0. The molecule has 0 heterocycles. The topological polar surface area (TPSA) is 26.3 Å². The SMILES string of the molecule is CO/C(=C\C(=O)C1CCC(C)(F)CC1)C1CCC(F)(P)CC1. The molecule has 2 aliphatic carbocycles. The summed E-state index contributed by atoms with van der Waals surface area (Å²) < 4.78 is 33.0. The van der Waals surface area contributed by atoms with Crippen LogP contribution in [-0.4, -0.2) is 24.0 Å². The average Bonchev–Trinajstić information content (AvgIpc) is 2.45. The molecule has 5 heteroatoms. The van der Waals surface area contributed by atoms with Crippen LogP contribution in [0.4, 0.5) is 8.78 Å². The number of allylic oxidation sites excluding steroid dienone is 2. The molecule has 0 N–H and O–H groups in total. The number of carbonyl (C=O) groups excluding carboxylic acids is 1. The van der Waals surface area contributed by atoms with Gasteiger partial charge in [-0.1, -0.05) is 9.24 Å². The third-order valence-electron chi connectivity index (χ3n) is 5.17. The van der Waals surface area contributed by atoms with Gasteiger partial charge in [0.15, 0.2) is 5.78 Å². The van der Waals surface area contributed by atoms with E-state index in [1.165, 1.54) is 0 Å². The van der Waals surface area contributed by atoms with Crippen LogP contribution in [-0.2, 0) is 9.53 Å². The minimum Gasteiger partial charge on any atom is -0.501 e. The van der Waals surface area contributed by atoms with E-state index in [2.05, 4.69) is 9.24 Å². The predicted octanol–water partition coefficient (Wildman–Crippen LogP) is 4.74. The molecule has 0 aliphatic heterocycles. The van der Waals surface area contributed by atoms with E-state index in [0.717, 1.165) is 0 Å². The Morgan fingerprint density at radius 2 is 1.59 bits per heavy atom. The van der Waals surface area contributed by atoms with Gasteiger partial charge >= 0.3 is 0 Å². The van der Waals surface area contributed by atoms with Gasteiger partial charge in [-0.15, -0.1) is 0 Å². The maximum atomic E-state index is 13.8. The Hall–Kier alpha value is -0.500. The van der Waals surface area contributed by atoms with E-state index in [-0.39, 0.29) is 17.6 Å². The number of hydrogen-bond donors (Lipinski definition) is 0. The highest BCUT2D eigenvalue weighted by atomic mass is 31.0. The molecular formula is C17H27F2O2P. The predicted molar refractivity (Wildman–Crippen MR) is 87.1 cm³/mol. The summed E-state index contributed by atoms with van der Waals surface area (Å²) >= 11 is 0. The molecule has 1 unspecified atom stereocenters. The van der Waals surface area contributed by atoms with Gasteiger partial charge in [-0.3, -0.25) is 4.79 Å². The van der Waals surface area contributed by atoms with Gasteiger partial charge in [0, 0.05) is 17.9 Å². The summed E-state index contributed by atoms with van der Waals surface area (Å²) in [5.41, 5.74) is -1.13. The van der Waals surface area contributed by atoms with Crippen LogP contribution in [0.1, 0.15) is 58.3 Å². The molecule has 0 spiro atoms. The molecule has 2 aliphatic rings. The Morgan fingerprint density at radius 1 is 1.09 bits per heavy atom. The van der Waals surface area contributed by atoms with E-state index in [1.807, 2.05) is 0 Å². The Balaban J connectivity index is 1.95. The number of halogens is 2. The van der Waals surface area contributed by atoms with Crippen molar-refractivity contribution in [3.8, 4) is 0 Å². The third kappa shape index (κ3) is 4.75. The van der Waals surface area contributed by atoms with Crippen molar-refractivity contribution in [3.63, 3.8) is 0 Å². The van der Waals surface area contributed by atoms with Gasteiger partial charge in [-0.25, -0.2) is 8.78 Å².